The highest BCUT2D eigenvalue weighted by Crippen LogP contribution is 2.19. The maximum absolute atomic E-state index is 13.5. The van der Waals surface area contributed by atoms with Crippen LogP contribution in [0.15, 0.2) is 30.5 Å². The van der Waals surface area contributed by atoms with Gasteiger partial charge in [0, 0.05) is 23.5 Å². The Bertz CT molecular complexity index is 1120. The van der Waals surface area contributed by atoms with Gasteiger partial charge in [-0.15, -0.1) is 0 Å². The van der Waals surface area contributed by atoms with Crippen LogP contribution < -0.4 is 27.4 Å². The summed E-state index contributed by atoms with van der Waals surface area (Å²) in [6.07, 6.45) is 6.24. The summed E-state index contributed by atoms with van der Waals surface area (Å²) in [4.78, 5) is 54.7. The lowest BCUT2D eigenvalue weighted by molar-refractivity contribution is -0.142. The fourth-order valence-electron chi connectivity index (χ4n) is 4.39. The Balaban J connectivity index is 2.27. The number of carboxylic acid groups (broad SMARTS) is 1. The molecule has 3 amide bonds. The Morgan fingerprint density at radius 1 is 0.950 bits per heavy atom. The Morgan fingerprint density at radius 3 is 2.25 bits per heavy atom. The molecule has 4 atom stereocenters. The van der Waals surface area contributed by atoms with Crippen molar-refractivity contribution in [1.29, 1.82) is 0 Å². The minimum Gasteiger partial charge on any atom is -0.480 e. The van der Waals surface area contributed by atoms with Gasteiger partial charge in [-0.25, -0.2) is 4.79 Å². The van der Waals surface area contributed by atoms with Crippen LogP contribution in [0.2, 0.25) is 0 Å². The number of para-hydroxylation sites is 1. The van der Waals surface area contributed by atoms with Gasteiger partial charge in [0.2, 0.25) is 17.7 Å². The molecule has 11 nitrogen and oxygen atoms in total. The molecule has 9 N–H and O–H groups in total. The van der Waals surface area contributed by atoms with Crippen LogP contribution in [0.25, 0.3) is 10.9 Å². The third-order valence-electron chi connectivity index (χ3n) is 6.60. The molecule has 0 aliphatic carbocycles. The number of thioether (sulfide) groups is 1. The van der Waals surface area contributed by atoms with E-state index in [1.165, 1.54) is 11.8 Å². The quantitative estimate of drug-likeness (QED) is 0.130. The van der Waals surface area contributed by atoms with E-state index in [-0.39, 0.29) is 18.8 Å². The summed E-state index contributed by atoms with van der Waals surface area (Å²) < 4.78 is 0. The van der Waals surface area contributed by atoms with Crippen molar-refractivity contribution in [2.75, 3.05) is 18.6 Å². The fourth-order valence-corrected chi connectivity index (χ4v) is 4.86. The lowest BCUT2D eigenvalue weighted by atomic mass is 10.0. The number of hydrogen-bond acceptors (Lipinski definition) is 7. The molecule has 40 heavy (non-hydrogen) atoms. The molecule has 0 bridgehead atoms. The summed E-state index contributed by atoms with van der Waals surface area (Å²) in [7, 11) is 0. The minimum atomic E-state index is -1.15. The molecule has 0 spiro atoms. The molecule has 12 heteroatoms. The largest absolute Gasteiger partial charge is 0.480 e. The Hall–Kier alpha value is -3.09. The summed E-state index contributed by atoms with van der Waals surface area (Å²) in [5.41, 5.74) is 13.2. The maximum atomic E-state index is 13.5. The maximum Gasteiger partial charge on any atom is 0.326 e. The SMILES string of the molecule is CSCCC(NC(=O)C(N)CCCCN)C(=O)NC(Cc1c[nH]c2ccccc12)C(=O)NC(CC(C)C)C(=O)O. The lowest BCUT2D eigenvalue weighted by Crippen LogP contribution is -2.57. The summed E-state index contributed by atoms with van der Waals surface area (Å²) in [5.74, 6) is -2.11. The molecule has 0 saturated carbocycles. The van der Waals surface area contributed by atoms with Crippen molar-refractivity contribution in [3.63, 3.8) is 0 Å². The number of carbonyl (C=O) groups excluding carboxylic acids is 3. The van der Waals surface area contributed by atoms with E-state index >= 15 is 0 Å². The highest BCUT2D eigenvalue weighted by atomic mass is 32.2. The first-order valence-corrected chi connectivity index (χ1v) is 15.1. The van der Waals surface area contributed by atoms with E-state index in [0.717, 1.165) is 22.9 Å². The molecule has 1 heterocycles. The van der Waals surface area contributed by atoms with Gasteiger partial charge in [0.05, 0.1) is 6.04 Å². The standard InChI is InChI=1S/C28H44N6O5S/c1-17(2)14-24(28(38)39)34-27(37)23(15-18-16-31-21-10-5-4-8-19(18)21)33-26(36)22(11-13-40-3)32-25(35)20(30)9-6-7-12-29/h4-5,8,10,16-17,20,22-24,31H,6-7,9,11-15,29-30H2,1-3H3,(H,32,35)(H,33,36)(H,34,37)(H,38,39). The number of nitrogens with one attached hydrogen (secondary N) is 4. The van der Waals surface area contributed by atoms with Crippen LogP contribution in [0.5, 0.6) is 0 Å². The van der Waals surface area contributed by atoms with Gasteiger partial charge < -0.3 is 37.5 Å². The molecule has 1 aromatic heterocycles. The fraction of sp³-hybridized carbons (Fsp3) is 0.571. The first-order chi connectivity index (χ1) is 19.1. The van der Waals surface area contributed by atoms with Crippen molar-refractivity contribution in [3.8, 4) is 0 Å². The van der Waals surface area contributed by atoms with Crippen LogP contribution in [0.3, 0.4) is 0 Å². The zero-order valence-electron chi connectivity index (χ0n) is 23.6. The van der Waals surface area contributed by atoms with E-state index in [1.54, 1.807) is 6.20 Å². The third-order valence-corrected chi connectivity index (χ3v) is 7.25. The Labute approximate surface area is 240 Å². The molecular formula is C28H44N6O5S. The van der Waals surface area contributed by atoms with Crippen LogP contribution in [-0.4, -0.2) is 76.5 Å². The van der Waals surface area contributed by atoms with Crippen LogP contribution in [0.4, 0.5) is 0 Å². The summed E-state index contributed by atoms with van der Waals surface area (Å²) in [5, 5.41) is 18.7. The van der Waals surface area contributed by atoms with Crippen molar-refractivity contribution in [2.24, 2.45) is 17.4 Å². The van der Waals surface area contributed by atoms with Gasteiger partial charge in [0.15, 0.2) is 0 Å². The molecule has 0 aliphatic heterocycles. The zero-order chi connectivity index (χ0) is 29.7. The minimum absolute atomic E-state index is 0.0308. The van der Waals surface area contributed by atoms with Gasteiger partial charge in [-0.3, -0.25) is 14.4 Å². The molecule has 0 saturated heterocycles. The molecule has 1 aromatic carbocycles. The molecule has 0 aliphatic rings. The second-order valence-electron chi connectivity index (χ2n) is 10.4. The van der Waals surface area contributed by atoms with Gasteiger partial charge in [-0.2, -0.15) is 11.8 Å². The summed E-state index contributed by atoms with van der Waals surface area (Å²) in [6.45, 7) is 4.24. The molecule has 2 aromatic rings. The summed E-state index contributed by atoms with van der Waals surface area (Å²) >= 11 is 1.52. The predicted octanol–water partition coefficient (Wildman–Crippen LogP) is 1.50. The van der Waals surface area contributed by atoms with E-state index in [9.17, 15) is 24.3 Å². The first-order valence-electron chi connectivity index (χ1n) is 13.7. The average molecular weight is 577 g/mol. The van der Waals surface area contributed by atoms with Gasteiger partial charge >= 0.3 is 5.97 Å². The Kier molecular flexibility index (Phi) is 14.0. The molecule has 2 rings (SSSR count). The van der Waals surface area contributed by atoms with E-state index in [2.05, 4.69) is 20.9 Å². The highest BCUT2D eigenvalue weighted by molar-refractivity contribution is 7.98. The third kappa shape index (κ3) is 10.5. The Morgan fingerprint density at radius 2 is 1.60 bits per heavy atom. The van der Waals surface area contributed by atoms with Crippen molar-refractivity contribution < 1.29 is 24.3 Å². The van der Waals surface area contributed by atoms with Gasteiger partial charge in [0.1, 0.15) is 18.1 Å². The van der Waals surface area contributed by atoms with E-state index < -0.39 is 47.9 Å². The number of aliphatic carboxylic acids is 1. The molecule has 0 radical (unpaired) electrons. The van der Waals surface area contributed by atoms with Gasteiger partial charge in [-0.05, 0) is 61.8 Å². The molecule has 222 valence electrons. The number of nitrogens with two attached hydrogens (primary N) is 2. The van der Waals surface area contributed by atoms with Crippen molar-refractivity contribution >= 4 is 46.4 Å². The number of carbonyl (C=O) groups is 4. The number of benzene rings is 1. The van der Waals surface area contributed by atoms with Crippen LogP contribution in [-0.2, 0) is 25.6 Å². The van der Waals surface area contributed by atoms with Gasteiger partial charge in [-0.1, -0.05) is 38.5 Å². The van der Waals surface area contributed by atoms with Crippen LogP contribution in [0.1, 0.15) is 51.5 Å². The number of rotatable bonds is 18. The van der Waals surface area contributed by atoms with E-state index in [0.29, 0.717) is 31.6 Å². The molecular weight excluding hydrogens is 532 g/mol. The highest BCUT2D eigenvalue weighted by Gasteiger charge is 2.31. The number of amides is 3. The van der Waals surface area contributed by atoms with Crippen molar-refractivity contribution in [3.05, 3.63) is 36.0 Å². The summed E-state index contributed by atoms with van der Waals surface area (Å²) in [6, 6.07) is 3.70. The number of aromatic nitrogens is 1. The second-order valence-corrected chi connectivity index (χ2v) is 11.4. The number of unbranched alkanes of at least 4 members (excludes halogenated alkanes) is 1. The zero-order valence-corrected chi connectivity index (χ0v) is 24.4. The van der Waals surface area contributed by atoms with E-state index in [4.69, 9.17) is 11.5 Å². The number of H-pyrrole nitrogens is 1. The van der Waals surface area contributed by atoms with Gasteiger partial charge in [0.25, 0.3) is 0 Å². The second kappa shape index (κ2) is 16.9. The molecule has 4 unspecified atom stereocenters. The number of aromatic amines is 1. The monoisotopic (exact) mass is 576 g/mol. The number of fused-ring (bicyclic) bond motifs is 1. The predicted molar refractivity (Wildman–Crippen MR) is 159 cm³/mol. The normalized spacial score (nSPS) is 14.3. The topological polar surface area (TPSA) is 192 Å². The average Bonchev–Trinajstić information content (AvgIpc) is 3.32. The van der Waals surface area contributed by atoms with E-state index in [1.807, 2.05) is 44.4 Å². The van der Waals surface area contributed by atoms with Crippen LogP contribution in [0, 0.1) is 5.92 Å². The van der Waals surface area contributed by atoms with Crippen LogP contribution >= 0.6 is 11.8 Å². The number of hydrogen-bond donors (Lipinski definition) is 7. The number of carboxylic acids is 1. The first kappa shape index (κ1) is 33.1. The smallest absolute Gasteiger partial charge is 0.326 e. The molecule has 0 fully saturated rings. The van der Waals surface area contributed by atoms with Crippen molar-refractivity contribution in [1.82, 2.24) is 20.9 Å². The van der Waals surface area contributed by atoms with Crippen molar-refractivity contribution in [2.45, 2.75) is 76.5 Å². The lowest BCUT2D eigenvalue weighted by Gasteiger charge is -2.25.